The number of benzene rings is 2. The van der Waals surface area contributed by atoms with Gasteiger partial charge in [-0.1, -0.05) is 26.0 Å². The summed E-state index contributed by atoms with van der Waals surface area (Å²) in [5.74, 6) is -1.07. The third kappa shape index (κ3) is 7.07. The van der Waals surface area contributed by atoms with Gasteiger partial charge in [0.2, 0.25) is 15.9 Å². The van der Waals surface area contributed by atoms with E-state index < -0.39 is 43.2 Å². The molecular formula is C23H24F3N5O6S. The summed E-state index contributed by atoms with van der Waals surface area (Å²) in [6, 6.07) is 8.71. The number of nitrogens with one attached hydrogen (secondary N) is 2. The average molecular weight is 556 g/mol. The van der Waals surface area contributed by atoms with E-state index in [0.717, 1.165) is 35.0 Å². The number of hydrogen-bond donors (Lipinski definition) is 2. The summed E-state index contributed by atoms with van der Waals surface area (Å²) in [5, 5.41) is 17.7. The van der Waals surface area contributed by atoms with Crippen molar-refractivity contribution >= 4 is 21.6 Å². The molecule has 0 atom stereocenters. The number of aryl methyl sites for hydroxylation is 1. The van der Waals surface area contributed by atoms with Crippen LogP contribution in [0.5, 0.6) is 11.6 Å². The number of aromatic nitrogens is 2. The number of rotatable bonds is 10. The molecule has 1 aromatic heterocycles. The molecule has 2 aromatic carbocycles. The number of non-ortho nitro benzene ring substituents is 1. The number of carbonyl (C=O) groups is 1. The summed E-state index contributed by atoms with van der Waals surface area (Å²) in [6.45, 7) is 3.43. The van der Waals surface area contributed by atoms with Crippen molar-refractivity contribution in [3.63, 3.8) is 0 Å². The second-order valence-corrected chi connectivity index (χ2v) is 10.3. The van der Waals surface area contributed by atoms with Gasteiger partial charge in [-0.3, -0.25) is 14.9 Å². The molecule has 15 heteroatoms. The highest BCUT2D eigenvalue weighted by molar-refractivity contribution is 7.89. The quantitative estimate of drug-likeness (QED) is 0.284. The van der Waals surface area contributed by atoms with Crippen molar-refractivity contribution in [2.24, 2.45) is 13.0 Å². The predicted molar refractivity (Wildman–Crippen MR) is 129 cm³/mol. The van der Waals surface area contributed by atoms with Gasteiger partial charge in [0, 0.05) is 38.3 Å². The molecule has 0 spiro atoms. The lowest BCUT2D eigenvalue weighted by molar-refractivity contribution is -0.385. The number of ether oxygens (including phenoxy) is 1. The van der Waals surface area contributed by atoms with Crippen molar-refractivity contribution in [2.75, 3.05) is 6.54 Å². The Bertz CT molecular complexity index is 1450. The summed E-state index contributed by atoms with van der Waals surface area (Å²) in [7, 11) is -2.79. The predicted octanol–water partition coefficient (Wildman–Crippen LogP) is 4.00. The fourth-order valence-electron chi connectivity index (χ4n) is 3.16. The highest BCUT2D eigenvalue weighted by atomic mass is 32.2. The maximum absolute atomic E-state index is 12.9. The van der Waals surface area contributed by atoms with E-state index in [-0.39, 0.29) is 41.9 Å². The Kier molecular flexibility index (Phi) is 8.41. The minimum atomic E-state index is -4.53. The van der Waals surface area contributed by atoms with E-state index in [1.54, 1.807) is 13.8 Å². The van der Waals surface area contributed by atoms with E-state index in [4.69, 9.17) is 4.74 Å². The van der Waals surface area contributed by atoms with Gasteiger partial charge in [-0.15, -0.1) is 0 Å². The summed E-state index contributed by atoms with van der Waals surface area (Å²) in [6.07, 6.45) is -4.53. The Morgan fingerprint density at radius 3 is 2.53 bits per heavy atom. The van der Waals surface area contributed by atoms with Crippen molar-refractivity contribution in [3.05, 3.63) is 75.5 Å². The minimum absolute atomic E-state index is 0.0399. The Morgan fingerprint density at radius 1 is 1.18 bits per heavy atom. The zero-order valence-corrected chi connectivity index (χ0v) is 21.3. The van der Waals surface area contributed by atoms with Crippen molar-refractivity contribution < 1.29 is 36.0 Å². The standard InChI is InChI=1S/C23H24F3N5O6S/c1-14(2)12-28-38(35,36)20-10-17(31(33)34)7-8-19(20)37-21-11-18(29-30(21)3)22(32)27-13-15-5-4-6-16(9-15)23(24,25)26/h4-11,14,28H,12-13H2,1-3H3,(H,27,32). The third-order valence-corrected chi connectivity index (χ3v) is 6.55. The van der Waals surface area contributed by atoms with Crippen molar-refractivity contribution in [1.29, 1.82) is 0 Å². The molecular weight excluding hydrogens is 531 g/mol. The van der Waals surface area contributed by atoms with Gasteiger partial charge in [-0.05, 0) is 29.7 Å². The maximum Gasteiger partial charge on any atom is 0.416 e. The first-order valence-electron chi connectivity index (χ1n) is 11.1. The van der Waals surface area contributed by atoms with Gasteiger partial charge in [0.15, 0.2) is 5.69 Å². The van der Waals surface area contributed by atoms with Crippen LogP contribution in [0.2, 0.25) is 0 Å². The first-order valence-corrected chi connectivity index (χ1v) is 12.6. The van der Waals surface area contributed by atoms with Crippen LogP contribution in [0.1, 0.15) is 35.5 Å². The fraction of sp³-hybridized carbons (Fsp3) is 0.304. The molecule has 38 heavy (non-hydrogen) atoms. The maximum atomic E-state index is 12.9. The number of nitro benzene ring substituents is 1. The van der Waals surface area contributed by atoms with Gasteiger partial charge < -0.3 is 10.1 Å². The average Bonchev–Trinajstić information content (AvgIpc) is 3.21. The minimum Gasteiger partial charge on any atom is -0.438 e. The van der Waals surface area contributed by atoms with Crippen LogP contribution in [0.15, 0.2) is 53.4 Å². The lowest BCUT2D eigenvalue weighted by Crippen LogP contribution is -2.28. The number of alkyl halides is 3. The molecule has 0 unspecified atom stereocenters. The number of nitro groups is 1. The molecule has 0 aliphatic rings. The van der Waals surface area contributed by atoms with Gasteiger partial charge in [0.1, 0.15) is 10.6 Å². The Morgan fingerprint density at radius 2 is 1.89 bits per heavy atom. The number of hydrogen-bond acceptors (Lipinski definition) is 7. The fourth-order valence-corrected chi connectivity index (χ4v) is 4.52. The lowest BCUT2D eigenvalue weighted by Gasteiger charge is -2.13. The molecule has 0 aliphatic heterocycles. The largest absolute Gasteiger partial charge is 0.438 e. The number of halogens is 3. The molecule has 0 aliphatic carbocycles. The van der Waals surface area contributed by atoms with E-state index >= 15 is 0 Å². The molecule has 11 nitrogen and oxygen atoms in total. The molecule has 2 N–H and O–H groups in total. The van der Waals surface area contributed by atoms with Crippen LogP contribution in [0.25, 0.3) is 0 Å². The van der Waals surface area contributed by atoms with Crippen molar-refractivity contribution in [2.45, 2.75) is 31.5 Å². The van der Waals surface area contributed by atoms with Crippen LogP contribution in [0, 0.1) is 16.0 Å². The molecule has 0 fully saturated rings. The second kappa shape index (κ2) is 11.2. The molecule has 3 aromatic rings. The number of carbonyl (C=O) groups excluding carboxylic acids is 1. The monoisotopic (exact) mass is 555 g/mol. The first kappa shape index (κ1) is 28.6. The summed E-state index contributed by atoms with van der Waals surface area (Å²) < 4.78 is 73.6. The highest BCUT2D eigenvalue weighted by Gasteiger charge is 2.30. The van der Waals surface area contributed by atoms with Crippen molar-refractivity contribution in [3.8, 4) is 11.6 Å². The van der Waals surface area contributed by atoms with Crippen LogP contribution in [-0.4, -0.2) is 35.6 Å². The van der Waals surface area contributed by atoms with E-state index in [2.05, 4.69) is 15.1 Å². The molecule has 0 bridgehead atoms. The number of amides is 1. The first-order chi connectivity index (χ1) is 17.7. The van der Waals surface area contributed by atoms with Gasteiger partial charge in [0.25, 0.3) is 11.6 Å². The van der Waals surface area contributed by atoms with Gasteiger partial charge in [-0.25, -0.2) is 17.8 Å². The van der Waals surface area contributed by atoms with Crippen LogP contribution < -0.4 is 14.8 Å². The van der Waals surface area contributed by atoms with Crippen LogP contribution in [0.4, 0.5) is 18.9 Å². The molecule has 0 saturated heterocycles. The molecule has 204 valence electrons. The SMILES string of the molecule is CC(C)CNS(=O)(=O)c1cc([N+](=O)[O-])ccc1Oc1cc(C(=O)NCc2cccc(C(F)(F)F)c2)nn1C. The van der Waals surface area contributed by atoms with Crippen LogP contribution in [0.3, 0.4) is 0 Å². The Hall–Kier alpha value is -3.98. The van der Waals surface area contributed by atoms with Crippen LogP contribution >= 0.6 is 0 Å². The lowest BCUT2D eigenvalue weighted by atomic mass is 10.1. The van der Waals surface area contributed by atoms with Crippen molar-refractivity contribution in [1.82, 2.24) is 19.8 Å². The van der Waals surface area contributed by atoms with E-state index in [1.807, 2.05) is 0 Å². The van der Waals surface area contributed by atoms with Gasteiger partial charge in [-0.2, -0.15) is 18.3 Å². The summed E-state index contributed by atoms with van der Waals surface area (Å²) >= 11 is 0. The zero-order chi connectivity index (χ0) is 28.3. The molecule has 0 radical (unpaired) electrons. The third-order valence-electron chi connectivity index (χ3n) is 5.10. The highest BCUT2D eigenvalue weighted by Crippen LogP contribution is 2.32. The van der Waals surface area contributed by atoms with Crippen LogP contribution in [-0.2, 0) is 29.8 Å². The van der Waals surface area contributed by atoms with Gasteiger partial charge >= 0.3 is 6.18 Å². The summed E-state index contributed by atoms with van der Waals surface area (Å²) in [4.78, 5) is 22.6. The molecule has 3 rings (SSSR count). The topological polar surface area (TPSA) is 145 Å². The van der Waals surface area contributed by atoms with E-state index in [9.17, 15) is 36.5 Å². The smallest absolute Gasteiger partial charge is 0.416 e. The normalized spacial score (nSPS) is 12.0. The molecule has 0 saturated carbocycles. The second-order valence-electron chi connectivity index (χ2n) is 8.61. The van der Waals surface area contributed by atoms with Gasteiger partial charge in [0.05, 0.1) is 10.5 Å². The van der Waals surface area contributed by atoms with E-state index in [1.165, 1.54) is 25.2 Å². The number of nitrogens with zero attached hydrogens (tertiary/aromatic N) is 3. The molecule has 1 heterocycles. The van der Waals surface area contributed by atoms with E-state index in [0.29, 0.717) is 0 Å². The number of sulfonamides is 1. The zero-order valence-electron chi connectivity index (χ0n) is 20.4. The summed E-state index contributed by atoms with van der Waals surface area (Å²) in [5.41, 5.74) is -1.26. The molecule has 1 amide bonds. The Balaban J connectivity index is 1.82. The Labute approximate surface area is 215 Å².